The van der Waals surface area contributed by atoms with Crippen LogP contribution in [0, 0.1) is 0 Å². The van der Waals surface area contributed by atoms with Crippen molar-refractivity contribution in [3.05, 3.63) is 0 Å². The highest BCUT2D eigenvalue weighted by Gasteiger charge is 2.37. The van der Waals surface area contributed by atoms with Crippen molar-refractivity contribution in [3.8, 4) is 0 Å². The first-order valence-electron chi connectivity index (χ1n) is 5.60. The van der Waals surface area contributed by atoms with Gasteiger partial charge in [-0.05, 0) is 24.6 Å². The smallest absolute Gasteiger partial charge is 0.303 e. The molecule has 0 radical (unpaired) electrons. The van der Waals surface area contributed by atoms with Gasteiger partial charge in [-0.2, -0.15) is 0 Å². The van der Waals surface area contributed by atoms with E-state index in [-0.39, 0.29) is 24.5 Å². The molecule has 0 aromatic rings. The summed E-state index contributed by atoms with van der Waals surface area (Å²) in [5.74, 6) is -0.883. The third-order valence-electron chi connectivity index (χ3n) is 3.13. The Morgan fingerprint density at radius 2 is 1.88 bits per heavy atom. The van der Waals surface area contributed by atoms with E-state index in [4.69, 9.17) is 9.53 Å². The fourth-order valence-corrected chi connectivity index (χ4v) is 1.94. The van der Waals surface area contributed by atoms with Crippen molar-refractivity contribution in [2.75, 3.05) is 6.61 Å². The lowest BCUT2D eigenvalue weighted by atomic mass is 10.2. The molecule has 0 saturated carbocycles. The van der Waals surface area contributed by atoms with E-state index in [9.17, 15) is 9.90 Å². The normalized spacial score (nSPS) is 14.9. The predicted octanol–water partition coefficient (Wildman–Crippen LogP) is 2.23. The maximum absolute atomic E-state index is 10.3. The Labute approximate surface area is 98.8 Å². The van der Waals surface area contributed by atoms with Crippen molar-refractivity contribution in [1.29, 1.82) is 0 Å². The number of carboxylic acid groups (broad SMARTS) is 1. The highest BCUT2D eigenvalue weighted by molar-refractivity contribution is 6.74. The molecule has 0 fully saturated rings. The lowest BCUT2D eigenvalue weighted by Gasteiger charge is -2.36. The molecule has 1 atom stereocenters. The number of aliphatic hydroxyl groups is 1. The Kier molecular flexibility index (Phi) is 5.65. The zero-order valence-electron chi connectivity index (χ0n) is 10.9. The van der Waals surface area contributed by atoms with Gasteiger partial charge in [-0.3, -0.25) is 4.79 Å². The molecular formula is C11H24O4Si. The molecule has 0 saturated heterocycles. The minimum Gasteiger partial charge on any atom is -0.481 e. The summed E-state index contributed by atoms with van der Waals surface area (Å²) in [6.07, 6.45) is -0.434. The number of aliphatic carboxylic acids is 1. The van der Waals surface area contributed by atoms with E-state index in [1.54, 1.807) is 0 Å². The van der Waals surface area contributed by atoms with E-state index in [2.05, 4.69) is 33.9 Å². The fourth-order valence-electron chi connectivity index (χ4n) is 0.894. The molecule has 5 heteroatoms. The van der Waals surface area contributed by atoms with Gasteiger partial charge in [0, 0.05) is 6.42 Å². The summed E-state index contributed by atoms with van der Waals surface area (Å²) >= 11 is 0. The molecule has 0 bridgehead atoms. The van der Waals surface area contributed by atoms with E-state index >= 15 is 0 Å². The maximum Gasteiger partial charge on any atom is 0.303 e. The second kappa shape index (κ2) is 5.79. The van der Waals surface area contributed by atoms with Crippen LogP contribution >= 0.6 is 0 Å². The van der Waals surface area contributed by atoms with Crippen LogP contribution in [0.1, 0.15) is 33.6 Å². The summed E-state index contributed by atoms with van der Waals surface area (Å²) in [5, 5.41) is 18.1. The molecule has 16 heavy (non-hydrogen) atoms. The molecule has 0 aromatic carbocycles. The minimum atomic E-state index is -1.83. The Hall–Kier alpha value is -0.393. The van der Waals surface area contributed by atoms with E-state index in [0.717, 1.165) is 0 Å². The average Bonchev–Trinajstić information content (AvgIpc) is 2.09. The topological polar surface area (TPSA) is 66.8 Å². The molecule has 2 N–H and O–H groups in total. The van der Waals surface area contributed by atoms with Crippen LogP contribution in [0.25, 0.3) is 0 Å². The lowest BCUT2D eigenvalue weighted by Crippen LogP contribution is -2.42. The third-order valence-corrected chi connectivity index (χ3v) is 7.63. The molecule has 0 rings (SSSR count). The van der Waals surface area contributed by atoms with Gasteiger partial charge in [0.1, 0.15) is 0 Å². The summed E-state index contributed by atoms with van der Waals surface area (Å²) < 4.78 is 5.78. The predicted molar refractivity (Wildman–Crippen MR) is 66.0 cm³/mol. The van der Waals surface area contributed by atoms with Gasteiger partial charge < -0.3 is 14.6 Å². The summed E-state index contributed by atoms with van der Waals surface area (Å²) in [6.45, 7) is 10.8. The quantitative estimate of drug-likeness (QED) is 0.707. The molecule has 0 aliphatic heterocycles. The maximum atomic E-state index is 10.3. The van der Waals surface area contributed by atoms with Crippen molar-refractivity contribution >= 4 is 14.3 Å². The molecule has 0 aromatic heterocycles. The van der Waals surface area contributed by atoms with Crippen molar-refractivity contribution in [1.82, 2.24) is 0 Å². The highest BCUT2D eigenvalue weighted by atomic mass is 28.4. The van der Waals surface area contributed by atoms with Crippen LogP contribution < -0.4 is 0 Å². The number of rotatable bonds is 6. The lowest BCUT2D eigenvalue weighted by molar-refractivity contribution is -0.137. The summed E-state index contributed by atoms with van der Waals surface area (Å²) in [4.78, 5) is 10.3. The molecule has 0 amide bonds. The molecule has 96 valence electrons. The fraction of sp³-hybridized carbons (Fsp3) is 0.909. The van der Waals surface area contributed by atoms with Gasteiger partial charge in [0.05, 0.1) is 12.7 Å². The zero-order chi connectivity index (χ0) is 13.0. The van der Waals surface area contributed by atoms with Gasteiger partial charge in [-0.15, -0.1) is 0 Å². The van der Waals surface area contributed by atoms with Crippen LogP contribution in [0.4, 0.5) is 0 Å². The average molecular weight is 248 g/mol. The molecular weight excluding hydrogens is 224 g/mol. The molecule has 4 nitrogen and oxygen atoms in total. The Morgan fingerprint density at radius 3 is 2.25 bits per heavy atom. The van der Waals surface area contributed by atoms with E-state index in [1.807, 2.05) is 0 Å². The molecule has 0 heterocycles. The van der Waals surface area contributed by atoms with Gasteiger partial charge in [-0.1, -0.05) is 20.8 Å². The Balaban J connectivity index is 4.00. The summed E-state index contributed by atoms with van der Waals surface area (Å²) in [5.41, 5.74) is 0. The number of aliphatic hydroxyl groups excluding tert-OH is 1. The largest absolute Gasteiger partial charge is 0.481 e. The Morgan fingerprint density at radius 1 is 1.38 bits per heavy atom. The van der Waals surface area contributed by atoms with E-state index < -0.39 is 20.4 Å². The van der Waals surface area contributed by atoms with Crippen molar-refractivity contribution in [3.63, 3.8) is 0 Å². The first-order valence-corrected chi connectivity index (χ1v) is 8.51. The standard InChI is InChI=1S/C11H24O4Si/c1-11(2,3)16(4,5)15-8-9(12)6-7-10(13)14/h9,12H,6-8H2,1-5H3,(H,13,14). The van der Waals surface area contributed by atoms with Gasteiger partial charge in [0.15, 0.2) is 8.32 Å². The van der Waals surface area contributed by atoms with Crippen molar-refractivity contribution < 1.29 is 19.4 Å². The molecule has 0 aliphatic carbocycles. The van der Waals surface area contributed by atoms with Crippen molar-refractivity contribution in [2.45, 2.75) is 57.8 Å². The molecule has 0 spiro atoms. The highest BCUT2D eigenvalue weighted by Crippen LogP contribution is 2.36. The first-order chi connectivity index (χ1) is 7.06. The van der Waals surface area contributed by atoms with Crippen LogP contribution in [0.2, 0.25) is 18.1 Å². The van der Waals surface area contributed by atoms with Gasteiger partial charge in [0.2, 0.25) is 0 Å². The number of hydrogen-bond acceptors (Lipinski definition) is 3. The van der Waals surface area contributed by atoms with Crippen LogP contribution in [0.5, 0.6) is 0 Å². The minimum absolute atomic E-state index is 0.0119. The van der Waals surface area contributed by atoms with Crippen LogP contribution in [0.15, 0.2) is 0 Å². The summed E-state index contributed by atoms with van der Waals surface area (Å²) in [7, 11) is -1.83. The second-order valence-corrected chi connectivity index (χ2v) is 10.5. The zero-order valence-corrected chi connectivity index (χ0v) is 11.9. The van der Waals surface area contributed by atoms with Gasteiger partial charge in [0.25, 0.3) is 0 Å². The van der Waals surface area contributed by atoms with Gasteiger partial charge >= 0.3 is 5.97 Å². The monoisotopic (exact) mass is 248 g/mol. The number of carboxylic acids is 1. The van der Waals surface area contributed by atoms with E-state index in [1.165, 1.54) is 0 Å². The SMILES string of the molecule is CC(C)(C)[Si](C)(C)OCC(O)CCC(=O)O. The second-order valence-electron chi connectivity index (χ2n) is 5.66. The van der Waals surface area contributed by atoms with Crippen LogP contribution in [0.3, 0.4) is 0 Å². The van der Waals surface area contributed by atoms with Crippen LogP contribution in [-0.2, 0) is 9.22 Å². The number of carbonyl (C=O) groups is 1. The number of hydrogen-bond donors (Lipinski definition) is 2. The van der Waals surface area contributed by atoms with Gasteiger partial charge in [-0.25, -0.2) is 0 Å². The summed E-state index contributed by atoms with van der Waals surface area (Å²) in [6, 6.07) is 0. The Bertz CT molecular complexity index is 233. The molecule has 1 unspecified atom stereocenters. The first kappa shape index (κ1) is 15.6. The van der Waals surface area contributed by atoms with Crippen LogP contribution in [-0.4, -0.2) is 37.2 Å². The van der Waals surface area contributed by atoms with Crippen molar-refractivity contribution in [2.24, 2.45) is 0 Å². The molecule has 0 aliphatic rings. The van der Waals surface area contributed by atoms with E-state index in [0.29, 0.717) is 0 Å². The third kappa shape index (κ3) is 5.63.